The Morgan fingerprint density at radius 1 is 1.27 bits per heavy atom. The maximum Gasteiger partial charge on any atom is 0.506 e. The minimum atomic E-state index is -1.22. The molecule has 2 atom stereocenters. The van der Waals surface area contributed by atoms with Crippen molar-refractivity contribution in [3.63, 3.8) is 0 Å². The third-order valence-electron chi connectivity index (χ3n) is 5.88. The molecule has 0 aromatic carbocycles. The lowest BCUT2D eigenvalue weighted by Crippen LogP contribution is -2.44. The number of nitrogens with zero attached hydrogens (tertiary/aromatic N) is 2. The summed E-state index contributed by atoms with van der Waals surface area (Å²) in [5.74, 6) is 1.80. The van der Waals surface area contributed by atoms with Crippen LogP contribution in [0, 0.1) is 5.92 Å². The van der Waals surface area contributed by atoms with Crippen LogP contribution in [0.5, 0.6) is 0 Å². The van der Waals surface area contributed by atoms with Crippen LogP contribution < -0.4 is 10.2 Å². The molecule has 2 N–H and O–H groups in total. The molecule has 166 valence electrons. The summed E-state index contributed by atoms with van der Waals surface area (Å²) >= 11 is 1.62. The molecule has 8 heteroatoms. The molecule has 3 rings (SSSR count). The molecule has 2 aliphatic rings. The van der Waals surface area contributed by atoms with Crippen molar-refractivity contribution in [1.29, 1.82) is 0 Å². The Balaban J connectivity index is 1.72. The zero-order chi connectivity index (χ0) is 21.5. The molecule has 1 amide bonds. The first-order valence-electron chi connectivity index (χ1n) is 11.1. The van der Waals surface area contributed by atoms with Crippen LogP contribution in [0.4, 0.5) is 10.6 Å². The lowest BCUT2D eigenvalue weighted by molar-refractivity contribution is 0.0197. The summed E-state index contributed by atoms with van der Waals surface area (Å²) in [5.41, 5.74) is 0.653. The van der Waals surface area contributed by atoms with Crippen molar-refractivity contribution in [2.75, 3.05) is 23.7 Å². The topological polar surface area (TPSA) is 91.8 Å². The monoisotopic (exact) mass is 435 g/mol. The SMILES string of the molecule is CCCSc1nc(N2CCC(OC(=O)O)C(C)C2)ccc1C(=O)NC1CCCCC1. The molecule has 2 heterocycles. The number of piperidine rings is 1. The van der Waals surface area contributed by atoms with Crippen molar-refractivity contribution in [2.24, 2.45) is 5.92 Å². The number of hydrogen-bond donors (Lipinski definition) is 2. The fourth-order valence-electron chi connectivity index (χ4n) is 4.24. The van der Waals surface area contributed by atoms with E-state index in [0.717, 1.165) is 35.9 Å². The first kappa shape index (κ1) is 22.7. The zero-order valence-electron chi connectivity index (χ0n) is 17.9. The van der Waals surface area contributed by atoms with Gasteiger partial charge in [-0.1, -0.05) is 33.1 Å². The largest absolute Gasteiger partial charge is 0.506 e. The van der Waals surface area contributed by atoms with Gasteiger partial charge in [-0.3, -0.25) is 4.79 Å². The molecule has 0 bridgehead atoms. The summed E-state index contributed by atoms with van der Waals surface area (Å²) in [4.78, 5) is 30.8. The van der Waals surface area contributed by atoms with E-state index in [0.29, 0.717) is 25.1 Å². The number of nitrogens with one attached hydrogen (secondary N) is 1. The Morgan fingerprint density at radius 2 is 2.03 bits per heavy atom. The van der Waals surface area contributed by atoms with Gasteiger partial charge in [0.1, 0.15) is 16.9 Å². The van der Waals surface area contributed by atoms with E-state index in [-0.39, 0.29) is 24.0 Å². The highest BCUT2D eigenvalue weighted by Gasteiger charge is 2.30. The molecule has 2 fully saturated rings. The minimum absolute atomic E-state index is 0.0264. The second-order valence-electron chi connectivity index (χ2n) is 8.31. The van der Waals surface area contributed by atoms with Crippen molar-refractivity contribution >= 4 is 29.6 Å². The maximum absolute atomic E-state index is 12.9. The summed E-state index contributed by atoms with van der Waals surface area (Å²) in [5, 5.41) is 12.9. The Bertz CT molecular complexity index is 739. The van der Waals surface area contributed by atoms with Gasteiger partial charge in [-0.2, -0.15) is 0 Å². The Labute approximate surface area is 183 Å². The number of thioether (sulfide) groups is 1. The summed E-state index contributed by atoms with van der Waals surface area (Å²) in [6, 6.07) is 4.07. The number of carbonyl (C=O) groups excluding carboxylic acids is 1. The third-order valence-corrected chi connectivity index (χ3v) is 7.07. The predicted molar refractivity (Wildman–Crippen MR) is 118 cm³/mol. The quantitative estimate of drug-likeness (QED) is 0.479. The van der Waals surface area contributed by atoms with E-state index in [1.54, 1.807) is 11.8 Å². The van der Waals surface area contributed by atoms with Crippen LogP contribution in [0.1, 0.15) is 69.2 Å². The highest BCUT2D eigenvalue weighted by Crippen LogP contribution is 2.29. The van der Waals surface area contributed by atoms with Crippen LogP contribution in [0.2, 0.25) is 0 Å². The van der Waals surface area contributed by atoms with Crippen LogP contribution in [0.25, 0.3) is 0 Å². The molecule has 0 radical (unpaired) electrons. The molecule has 1 aliphatic carbocycles. The van der Waals surface area contributed by atoms with Gasteiger partial charge in [-0.15, -0.1) is 11.8 Å². The molecular formula is C22H33N3O4S. The van der Waals surface area contributed by atoms with E-state index < -0.39 is 6.16 Å². The highest BCUT2D eigenvalue weighted by atomic mass is 32.2. The standard InChI is InChI=1S/C22H33N3O4S/c1-3-13-30-21-17(20(26)23-16-7-5-4-6-8-16)9-10-19(24-21)25-12-11-18(15(2)14-25)29-22(27)28/h9-10,15-16,18H,3-8,11-14H2,1-2H3,(H,23,26)(H,27,28). The van der Waals surface area contributed by atoms with Crippen molar-refractivity contribution in [1.82, 2.24) is 10.3 Å². The van der Waals surface area contributed by atoms with Gasteiger partial charge >= 0.3 is 6.16 Å². The second kappa shape index (κ2) is 10.9. The lowest BCUT2D eigenvalue weighted by atomic mass is 9.95. The molecule has 1 aliphatic heterocycles. The number of anilines is 1. The van der Waals surface area contributed by atoms with Crippen molar-refractivity contribution < 1.29 is 19.4 Å². The fraction of sp³-hybridized carbons (Fsp3) is 0.682. The fourth-order valence-corrected chi connectivity index (χ4v) is 5.11. The van der Waals surface area contributed by atoms with Gasteiger partial charge in [-0.05, 0) is 37.1 Å². The number of carbonyl (C=O) groups is 2. The van der Waals surface area contributed by atoms with E-state index >= 15 is 0 Å². The lowest BCUT2D eigenvalue weighted by Gasteiger charge is -2.36. The average molecular weight is 436 g/mol. The van der Waals surface area contributed by atoms with Gasteiger partial charge in [0.25, 0.3) is 5.91 Å². The molecule has 0 spiro atoms. The molecule has 30 heavy (non-hydrogen) atoms. The van der Waals surface area contributed by atoms with Crippen LogP contribution in [-0.4, -0.2) is 53.1 Å². The van der Waals surface area contributed by atoms with Gasteiger partial charge in [0, 0.05) is 31.5 Å². The first-order chi connectivity index (χ1) is 14.5. The van der Waals surface area contributed by atoms with Crippen LogP contribution in [0.15, 0.2) is 17.2 Å². The van der Waals surface area contributed by atoms with Crippen LogP contribution >= 0.6 is 11.8 Å². The smallest absolute Gasteiger partial charge is 0.450 e. The Hall–Kier alpha value is -1.96. The molecule has 1 aromatic rings. The highest BCUT2D eigenvalue weighted by molar-refractivity contribution is 7.99. The van der Waals surface area contributed by atoms with Gasteiger partial charge < -0.3 is 20.1 Å². The molecule has 2 unspecified atom stereocenters. The normalized spacial score (nSPS) is 22.5. The number of carboxylic acid groups (broad SMARTS) is 1. The molecular weight excluding hydrogens is 402 g/mol. The van der Waals surface area contributed by atoms with Crippen LogP contribution in [-0.2, 0) is 4.74 Å². The second-order valence-corrected chi connectivity index (χ2v) is 9.40. The van der Waals surface area contributed by atoms with E-state index in [1.165, 1.54) is 19.3 Å². The van der Waals surface area contributed by atoms with Gasteiger partial charge in [0.15, 0.2) is 0 Å². The molecule has 1 saturated carbocycles. The number of ether oxygens (including phenoxy) is 1. The average Bonchev–Trinajstić information content (AvgIpc) is 2.74. The van der Waals surface area contributed by atoms with Gasteiger partial charge in [0.05, 0.1) is 5.56 Å². The number of hydrogen-bond acceptors (Lipinski definition) is 6. The van der Waals surface area contributed by atoms with E-state index in [2.05, 4.69) is 17.1 Å². The molecule has 1 saturated heterocycles. The number of rotatable bonds is 7. The van der Waals surface area contributed by atoms with E-state index in [1.807, 2.05) is 19.1 Å². The third kappa shape index (κ3) is 6.03. The molecule has 1 aromatic heterocycles. The number of amides is 1. The number of pyridine rings is 1. The van der Waals surface area contributed by atoms with Gasteiger partial charge in [0.2, 0.25) is 0 Å². The summed E-state index contributed by atoms with van der Waals surface area (Å²) in [6.45, 7) is 5.48. The van der Waals surface area contributed by atoms with Crippen LogP contribution in [0.3, 0.4) is 0 Å². The maximum atomic E-state index is 12.9. The Kier molecular flexibility index (Phi) is 8.24. The zero-order valence-corrected chi connectivity index (χ0v) is 18.7. The van der Waals surface area contributed by atoms with Crippen molar-refractivity contribution in [3.05, 3.63) is 17.7 Å². The minimum Gasteiger partial charge on any atom is -0.450 e. The summed E-state index contributed by atoms with van der Waals surface area (Å²) in [7, 11) is 0. The summed E-state index contributed by atoms with van der Waals surface area (Å²) in [6.07, 6.45) is 5.87. The van der Waals surface area contributed by atoms with Gasteiger partial charge in [-0.25, -0.2) is 9.78 Å². The molecule has 7 nitrogen and oxygen atoms in total. The van der Waals surface area contributed by atoms with Crippen molar-refractivity contribution in [2.45, 2.75) is 76.0 Å². The predicted octanol–water partition coefficient (Wildman–Crippen LogP) is 4.56. The number of aromatic nitrogens is 1. The summed E-state index contributed by atoms with van der Waals surface area (Å²) < 4.78 is 5.00. The Morgan fingerprint density at radius 3 is 2.70 bits per heavy atom. The first-order valence-corrected chi connectivity index (χ1v) is 12.1. The van der Waals surface area contributed by atoms with Crippen molar-refractivity contribution in [3.8, 4) is 0 Å². The van der Waals surface area contributed by atoms with E-state index in [4.69, 9.17) is 14.8 Å². The van der Waals surface area contributed by atoms with E-state index in [9.17, 15) is 9.59 Å².